The van der Waals surface area contributed by atoms with Crippen LogP contribution in [0.15, 0.2) is 12.1 Å². The molecule has 0 bridgehead atoms. The zero-order valence-corrected chi connectivity index (χ0v) is 11.4. The smallest absolute Gasteiger partial charge is 0.0919 e. The Morgan fingerprint density at radius 2 is 1.56 bits per heavy atom. The Hall–Kier alpha value is -0.820. The number of hydrogen-bond acceptors (Lipinski definition) is 1. The first-order chi connectivity index (χ1) is 7.32. The highest BCUT2D eigenvalue weighted by molar-refractivity contribution is 5.40. The lowest BCUT2D eigenvalue weighted by atomic mass is 9.78. The first kappa shape index (κ1) is 13.2. The molecule has 0 aliphatic rings. The van der Waals surface area contributed by atoms with E-state index in [4.69, 9.17) is 0 Å². The van der Waals surface area contributed by atoms with Gasteiger partial charge in [0.1, 0.15) is 0 Å². The summed E-state index contributed by atoms with van der Waals surface area (Å²) in [6, 6.07) is 4.32. The molecular weight excluding hydrogens is 196 g/mol. The van der Waals surface area contributed by atoms with E-state index in [9.17, 15) is 5.11 Å². The first-order valence-corrected chi connectivity index (χ1v) is 6.13. The quantitative estimate of drug-likeness (QED) is 0.820. The summed E-state index contributed by atoms with van der Waals surface area (Å²) in [5, 5.41) is 10.8. The Morgan fingerprint density at radius 1 is 1.06 bits per heavy atom. The summed E-state index contributed by atoms with van der Waals surface area (Å²) < 4.78 is 0. The fourth-order valence-corrected chi connectivity index (χ4v) is 2.34. The van der Waals surface area contributed by atoms with E-state index in [1.807, 2.05) is 0 Å². The molecule has 1 aromatic rings. The molecule has 90 valence electrons. The lowest BCUT2D eigenvalue weighted by Gasteiger charge is -2.33. The summed E-state index contributed by atoms with van der Waals surface area (Å²) in [4.78, 5) is 0. The number of rotatable bonds is 3. The van der Waals surface area contributed by atoms with Gasteiger partial charge < -0.3 is 5.11 Å². The normalized spacial score (nSPS) is 15.2. The Morgan fingerprint density at radius 3 is 2.00 bits per heavy atom. The van der Waals surface area contributed by atoms with Crippen molar-refractivity contribution >= 4 is 0 Å². The second-order valence-corrected chi connectivity index (χ2v) is 5.18. The molecule has 0 aliphatic carbocycles. The second-order valence-electron chi connectivity index (χ2n) is 5.18. The van der Waals surface area contributed by atoms with Gasteiger partial charge in [0, 0.05) is 0 Å². The number of aliphatic hydroxyl groups is 1. The molecule has 0 saturated carbocycles. The van der Waals surface area contributed by atoms with Crippen molar-refractivity contribution in [1.29, 1.82) is 0 Å². The van der Waals surface area contributed by atoms with Gasteiger partial charge in [0.05, 0.1) is 5.60 Å². The van der Waals surface area contributed by atoms with Crippen molar-refractivity contribution in [2.75, 3.05) is 0 Å². The maximum Gasteiger partial charge on any atom is 0.0919 e. The lowest BCUT2D eigenvalue weighted by molar-refractivity contribution is -0.0146. The minimum absolute atomic E-state index is 0.235. The molecule has 0 fully saturated rings. The van der Waals surface area contributed by atoms with E-state index in [1.54, 1.807) is 0 Å². The Balaban J connectivity index is 3.36. The van der Waals surface area contributed by atoms with Crippen LogP contribution in [-0.2, 0) is 5.60 Å². The number of aryl methyl sites for hydroxylation is 3. The Bertz CT molecular complexity index is 379. The molecule has 0 radical (unpaired) electrons. The van der Waals surface area contributed by atoms with Crippen molar-refractivity contribution in [3.05, 3.63) is 34.4 Å². The maximum atomic E-state index is 10.8. The van der Waals surface area contributed by atoms with Crippen LogP contribution in [0, 0.1) is 26.7 Å². The molecule has 0 saturated heterocycles. The van der Waals surface area contributed by atoms with E-state index in [-0.39, 0.29) is 5.92 Å². The lowest BCUT2D eigenvalue weighted by Crippen LogP contribution is -2.32. The predicted molar refractivity (Wildman–Crippen MR) is 69.7 cm³/mol. The van der Waals surface area contributed by atoms with Crippen LogP contribution < -0.4 is 0 Å². The zero-order valence-electron chi connectivity index (χ0n) is 11.4. The Kier molecular flexibility index (Phi) is 3.80. The van der Waals surface area contributed by atoms with Crippen molar-refractivity contribution in [2.45, 2.75) is 53.6 Å². The van der Waals surface area contributed by atoms with Gasteiger partial charge in [-0.1, -0.05) is 32.9 Å². The molecule has 1 atom stereocenters. The van der Waals surface area contributed by atoms with Gasteiger partial charge in [0.2, 0.25) is 0 Å². The zero-order chi connectivity index (χ0) is 12.5. The van der Waals surface area contributed by atoms with Crippen LogP contribution in [0.3, 0.4) is 0 Å². The molecule has 1 unspecified atom stereocenters. The van der Waals surface area contributed by atoms with Crippen LogP contribution in [-0.4, -0.2) is 5.11 Å². The number of hydrogen-bond donors (Lipinski definition) is 1. The number of benzene rings is 1. The van der Waals surface area contributed by atoms with E-state index in [0.717, 1.165) is 12.0 Å². The fourth-order valence-electron chi connectivity index (χ4n) is 2.34. The first-order valence-electron chi connectivity index (χ1n) is 6.13. The summed E-state index contributed by atoms with van der Waals surface area (Å²) >= 11 is 0. The summed E-state index contributed by atoms with van der Waals surface area (Å²) in [6.07, 6.45) is 0.758. The molecule has 1 heteroatoms. The van der Waals surface area contributed by atoms with Crippen molar-refractivity contribution in [3.63, 3.8) is 0 Å². The van der Waals surface area contributed by atoms with Crippen molar-refractivity contribution in [1.82, 2.24) is 0 Å². The fraction of sp³-hybridized carbons (Fsp3) is 0.600. The topological polar surface area (TPSA) is 20.2 Å². The average Bonchev–Trinajstić information content (AvgIpc) is 2.22. The van der Waals surface area contributed by atoms with Gasteiger partial charge in [-0.2, -0.15) is 0 Å². The second kappa shape index (κ2) is 4.58. The third kappa shape index (κ3) is 2.15. The van der Waals surface area contributed by atoms with Crippen molar-refractivity contribution in [2.24, 2.45) is 5.92 Å². The standard InChI is InChI=1S/C15H24O/c1-7-15(16,10(2)3)14-9-12(5)11(4)8-13(14)6/h8-10,16H,7H2,1-6H3. The molecule has 16 heavy (non-hydrogen) atoms. The average molecular weight is 220 g/mol. The molecule has 0 amide bonds. The van der Waals surface area contributed by atoms with E-state index < -0.39 is 5.60 Å². The molecule has 1 N–H and O–H groups in total. The Labute approximate surface area is 99.5 Å². The van der Waals surface area contributed by atoms with E-state index in [0.29, 0.717) is 0 Å². The van der Waals surface area contributed by atoms with Crippen molar-refractivity contribution in [3.8, 4) is 0 Å². The van der Waals surface area contributed by atoms with Gasteiger partial charge >= 0.3 is 0 Å². The molecule has 1 nitrogen and oxygen atoms in total. The van der Waals surface area contributed by atoms with Gasteiger partial charge in [0.25, 0.3) is 0 Å². The van der Waals surface area contributed by atoms with Gasteiger partial charge in [-0.25, -0.2) is 0 Å². The monoisotopic (exact) mass is 220 g/mol. The van der Waals surface area contributed by atoms with Crippen LogP contribution in [0.5, 0.6) is 0 Å². The third-order valence-electron chi connectivity index (χ3n) is 3.80. The van der Waals surface area contributed by atoms with Crippen LogP contribution in [0.2, 0.25) is 0 Å². The summed E-state index contributed by atoms with van der Waals surface area (Å²) in [6.45, 7) is 12.5. The van der Waals surface area contributed by atoms with Crippen LogP contribution >= 0.6 is 0 Å². The van der Waals surface area contributed by atoms with Gasteiger partial charge in [-0.15, -0.1) is 0 Å². The predicted octanol–water partition coefficient (Wildman–Crippen LogP) is 3.87. The molecule has 0 aromatic heterocycles. The van der Waals surface area contributed by atoms with Crippen LogP contribution in [0.1, 0.15) is 49.4 Å². The molecule has 1 rings (SSSR count). The molecule has 1 aromatic carbocycles. The maximum absolute atomic E-state index is 10.8. The van der Waals surface area contributed by atoms with Gasteiger partial charge in [-0.05, 0) is 55.4 Å². The molecule has 0 heterocycles. The molecular formula is C15H24O. The highest BCUT2D eigenvalue weighted by Crippen LogP contribution is 2.35. The SMILES string of the molecule is CCC(O)(c1cc(C)c(C)cc1C)C(C)C. The van der Waals surface area contributed by atoms with Gasteiger partial charge in [0.15, 0.2) is 0 Å². The summed E-state index contributed by atoms with van der Waals surface area (Å²) in [5.74, 6) is 0.235. The van der Waals surface area contributed by atoms with Crippen LogP contribution in [0.4, 0.5) is 0 Å². The van der Waals surface area contributed by atoms with E-state index in [2.05, 4.69) is 53.7 Å². The third-order valence-corrected chi connectivity index (χ3v) is 3.80. The van der Waals surface area contributed by atoms with E-state index in [1.165, 1.54) is 16.7 Å². The highest BCUT2D eigenvalue weighted by atomic mass is 16.3. The highest BCUT2D eigenvalue weighted by Gasteiger charge is 2.32. The van der Waals surface area contributed by atoms with Crippen molar-refractivity contribution < 1.29 is 5.11 Å². The minimum atomic E-state index is -0.692. The van der Waals surface area contributed by atoms with Gasteiger partial charge in [-0.3, -0.25) is 0 Å². The minimum Gasteiger partial charge on any atom is -0.385 e. The summed E-state index contributed by atoms with van der Waals surface area (Å²) in [5.41, 5.74) is 4.15. The molecule has 0 spiro atoms. The molecule has 0 aliphatic heterocycles. The summed E-state index contributed by atoms with van der Waals surface area (Å²) in [7, 11) is 0. The van der Waals surface area contributed by atoms with Crippen LogP contribution in [0.25, 0.3) is 0 Å². The van der Waals surface area contributed by atoms with E-state index >= 15 is 0 Å². The largest absolute Gasteiger partial charge is 0.385 e.